The minimum Gasteiger partial charge on any atom is -0.463 e. The monoisotopic (exact) mass is 244 g/mol. The van der Waals surface area contributed by atoms with E-state index in [2.05, 4.69) is 0 Å². The number of rotatable bonds is 3. The first-order valence-electron chi connectivity index (χ1n) is 5.36. The van der Waals surface area contributed by atoms with E-state index in [9.17, 15) is 19.8 Å². The van der Waals surface area contributed by atoms with Crippen molar-refractivity contribution in [2.75, 3.05) is 6.61 Å². The maximum absolute atomic E-state index is 11.5. The van der Waals surface area contributed by atoms with Crippen molar-refractivity contribution in [3.05, 3.63) is 11.6 Å². The Kier molecular flexibility index (Phi) is 4.65. The van der Waals surface area contributed by atoms with Gasteiger partial charge in [0.25, 0.3) is 0 Å². The Hall–Kier alpha value is -1.40. The third-order valence-electron chi connectivity index (χ3n) is 2.38. The van der Waals surface area contributed by atoms with Crippen molar-refractivity contribution in [2.24, 2.45) is 0 Å². The summed E-state index contributed by atoms with van der Waals surface area (Å²) in [5.74, 6) is -1.15. The van der Waals surface area contributed by atoms with Crippen LogP contribution in [0.25, 0.3) is 0 Å². The van der Waals surface area contributed by atoms with Gasteiger partial charge in [-0.3, -0.25) is 4.79 Å². The summed E-state index contributed by atoms with van der Waals surface area (Å²) in [4.78, 5) is 22.3. The van der Waals surface area contributed by atoms with Crippen LogP contribution in [0.1, 0.15) is 20.3 Å². The maximum atomic E-state index is 11.5. The highest BCUT2D eigenvalue weighted by Crippen LogP contribution is 2.23. The number of aliphatic hydroxyl groups is 2. The van der Waals surface area contributed by atoms with Crippen LogP contribution < -0.4 is 0 Å². The summed E-state index contributed by atoms with van der Waals surface area (Å²) in [5.41, 5.74) is 0.205. The fourth-order valence-electron chi connectivity index (χ4n) is 1.63. The molecule has 0 aliphatic heterocycles. The van der Waals surface area contributed by atoms with E-state index >= 15 is 0 Å². The van der Waals surface area contributed by atoms with E-state index in [-0.39, 0.29) is 18.6 Å². The summed E-state index contributed by atoms with van der Waals surface area (Å²) in [6.07, 6.45) is -2.13. The van der Waals surface area contributed by atoms with Gasteiger partial charge in [-0.15, -0.1) is 0 Å². The average molecular weight is 244 g/mol. The van der Waals surface area contributed by atoms with E-state index in [0.717, 1.165) is 0 Å². The van der Waals surface area contributed by atoms with Gasteiger partial charge in [-0.05, 0) is 13.0 Å². The molecule has 0 unspecified atom stereocenters. The minimum absolute atomic E-state index is 0.0383. The third kappa shape index (κ3) is 3.54. The molecule has 1 aliphatic carbocycles. The standard InChI is InChI=1S/C11H16O6/c1-3-16-11(15)7-4-8(13)10(14)9(5-7)17-6(2)12/h4,8-10,13-14H,3,5H2,1-2H3/t8-,9+,10-/m0/s1. The van der Waals surface area contributed by atoms with Crippen LogP contribution in [-0.4, -0.2) is 47.1 Å². The molecule has 0 spiro atoms. The highest BCUT2D eigenvalue weighted by atomic mass is 16.6. The summed E-state index contributed by atoms with van der Waals surface area (Å²) >= 11 is 0. The normalized spacial score (nSPS) is 28.2. The van der Waals surface area contributed by atoms with Crippen LogP contribution in [0.15, 0.2) is 11.6 Å². The number of ether oxygens (including phenoxy) is 2. The fraction of sp³-hybridized carbons (Fsp3) is 0.636. The van der Waals surface area contributed by atoms with Gasteiger partial charge in [0, 0.05) is 18.9 Å². The van der Waals surface area contributed by atoms with Crippen LogP contribution in [0, 0.1) is 0 Å². The zero-order valence-electron chi connectivity index (χ0n) is 9.75. The second kappa shape index (κ2) is 5.79. The predicted molar refractivity (Wildman–Crippen MR) is 56.9 cm³/mol. The van der Waals surface area contributed by atoms with Gasteiger partial charge in [0.15, 0.2) is 0 Å². The molecule has 0 saturated carbocycles. The van der Waals surface area contributed by atoms with E-state index in [1.165, 1.54) is 13.0 Å². The van der Waals surface area contributed by atoms with E-state index in [1.807, 2.05) is 0 Å². The van der Waals surface area contributed by atoms with Gasteiger partial charge < -0.3 is 19.7 Å². The van der Waals surface area contributed by atoms with Crippen molar-refractivity contribution >= 4 is 11.9 Å². The minimum atomic E-state index is -1.24. The van der Waals surface area contributed by atoms with Crippen molar-refractivity contribution in [1.82, 2.24) is 0 Å². The van der Waals surface area contributed by atoms with Crippen molar-refractivity contribution in [2.45, 2.75) is 38.6 Å². The Bertz CT molecular complexity index is 335. The van der Waals surface area contributed by atoms with Gasteiger partial charge in [0.05, 0.1) is 6.61 Å². The van der Waals surface area contributed by atoms with Crippen LogP contribution in [0.2, 0.25) is 0 Å². The topological polar surface area (TPSA) is 93.1 Å². The lowest BCUT2D eigenvalue weighted by Crippen LogP contribution is -2.43. The molecule has 0 radical (unpaired) electrons. The second-order valence-corrected chi connectivity index (χ2v) is 3.75. The largest absolute Gasteiger partial charge is 0.463 e. The molecule has 1 rings (SSSR count). The predicted octanol–water partition coefficient (Wildman–Crippen LogP) is -0.467. The van der Waals surface area contributed by atoms with Crippen LogP contribution in [-0.2, 0) is 19.1 Å². The molecular formula is C11H16O6. The quantitative estimate of drug-likeness (QED) is 0.652. The number of hydrogen-bond donors (Lipinski definition) is 2. The molecule has 1 aliphatic rings. The van der Waals surface area contributed by atoms with Gasteiger partial charge in [-0.1, -0.05) is 0 Å². The summed E-state index contributed by atoms with van der Waals surface area (Å²) < 4.78 is 9.61. The van der Waals surface area contributed by atoms with Crippen molar-refractivity contribution in [3.8, 4) is 0 Å². The fourth-order valence-corrected chi connectivity index (χ4v) is 1.63. The van der Waals surface area contributed by atoms with Crippen LogP contribution in [0.3, 0.4) is 0 Å². The molecule has 6 heteroatoms. The van der Waals surface area contributed by atoms with Crippen LogP contribution in [0.4, 0.5) is 0 Å². The number of carbonyl (C=O) groups is 2. The van der Waals surface area contributed by atoms with Crippen molar-refractivity contribution < 1.29 is 29.3 Å². The molecule has 3 atom stereocenters. The second-order valence-electron chi connectivity index (χ2n) is 3.75. The van der Waals surface area contributed by atoms with Gasteiger partial charge in [0.1, 0.15) is 18.3 Å². The van der Waals surface area contributed by atoms with E-state index < -0.39 is 30.3 Å². The Morgan fingerprint density at radius 3 is 2.65 bits per heavy atom. The number of carbonyl (C=O) groups excluding carboxylic acids is 2. The van der Waals surface area contributed by atoms with Crippen molar-refractivity contribution in [1.29, 1.82) is 0 Å². The smallest absolute Gasteiger partial charge is 0.333 e. The molecule has 0 aromatic carbocycles. The lowest BCUT2D eigenvalue weighted by molar-refractivity contribution is -0.158. The summed E-state index contributed by atoms with van der Waals surface area (Å²) in [7, 11) is 0. The highest BCUT2D eigenvalue weighted by Gasteiger charge is 2.35. The van der Waals surface area contributed by atoms with Gasteiger partial charge in [0.2, 0.25) is 0 Å². The molecule has 0 bridgehead atoms. The highest BCUT2D eigenvalue weighted by molar-refractivity contribution is 5.89. The zero-order chi connectivity index (χ0) is 13.0. The molecule has 0 saturated heterocycles. The number of hydrogen-bond acceptors (Lipinski definition) is 6. The van der Waals surface area contributed by atoms with Crippen LogP contribution in [0.5, 0.6) is 0 Å². The molecule has 0 aromatic heterocycles. The summed E-state index contributed by atoms with van der Waals surface area (Å²) in [6.45, 7) is 3.07. The molecular weight excluding hydrogens is 228 g/mol. The van der Waals surface area contributed by atoms with Gasteiger partial charge in [-0.2, -0.15) is 0 Å². The third-order valence-corrected chi connectivity index (χ3v) is 2.38. The van der Waals surface area contributed by atoms with Gasteiger partial charge >= 0.3 is 11.9 Å². The molecule has 96 valence electrons. The summed E-state index contributed by atoms with van der Waals surface area (Å²) in [6, 6.07) is 0. The first kappa shape index (κ1) is 13.7. The molecule has 2 N–H and O–H groups in total. The van der Waals surface area contributed by atoms with E-state index in [4.69, 9.17) is 9.47 Å². The zero-order valence-corrected chi connectivity index (χ0v) is 9.75. The first-order valence-corrected chi connectivity index (χ1v) is 5.36. The van der Waals surface area contributed by atoms with E-state index in [0.29, 0.717) is 0 Å². The lowest BCUT2D eigenvalue weighted by atomic mass is 9.92. The molecule has 0 amide bonds. The Morgan fingerprint density at radius 1 is 1.47 bits per heavy atom. The number of aliphatic hydroxyl groups excluding tert-OH is 2. The average Bonchev–Trinajstić information content (AvgIpc) is 2.24. The molecule has 0 fully saturated rings. The molecule has 6 nitrogen and oxygen atoms in total. The molecule has 0 heterocycles. The Labute approximate surface area is 98.8 Å². The first-order chi connectivity index (χ1) is 7.95. The molecule has 17 heavy (non-hydrogen) atoms. The van der Waals surface area contributed by atoms with Crippen LogP contribution >= 0.6 is 0 Å². The van der Waals surface area contributed by atoms with Crippen molar-refractivity contribution in [3.63, 3.8) is 0 Å². The maximum Gasteiger partial charge on any atom is 0.333 e. The molecule has 0 aromatic rings. The lowest BCUT2D eigenvalue weighted by Gasteiger charge is -2.29. The Balaban J connectivity index is 2.78. The van der Waals surface area contributed by atoms with Gasteiger partial charge in [-0.25, -0.2) is 4.79 Å². The summed E-state index contributed by atoms with van der Waals surface area (Å²) in [5, 5.41) is 19.1. The SMILES string of the molecule is CCOC(=O)C1=C[C@H](O)[C@H](O)[C@H](OC(C)=O)C1. The number of esters is 2. The Morgan fingerprint density at radius 2 is 2.12 bits per heavy atom. The van der Waals surface area contributed by atoms with E-state index in [1.54, 1.807) is 6.92 Å².